The van der Waals surface area contributed by atoms with Crippen molar-refractivity contribution in [2.75, 3.05) is 19.6 Å². The Kier molecular flexibility index (Phi) is 5.93. The van der Waals surface area contributed by atoms with Crippen molar-refractivity contribution in [1.29, 1.82) is 0 Å². The summed E-state index contributed by atoms with van der Waals surface area (Å²) in [7, 11) is 0. The molecular weight excluding hydrogens is 339 g/mol. The lowest BCUT2D eigenvalue weighted by Crippen LogP contribution is -2.32. The molecule has 1 aromatic carbocycles. The van der Waals surface area contributed by atoms with Gasteiger partial charge in [0, 0.05) is 44.5 Å². The Morgan fingerprint density at radius 1 is 1.15 bits per heavy atom. The van der Waals surface area contributed by atoms with Gasteiger partial charge in [0.2, 0.25) is 23.5 Å². The summed E-state index contributed by atoms with van der Waals surface area (Å²) in [6.07, 6.45) is 2.94. The van der Waals surface area contributed by atoms with E-state index in [1.54, 1.807) is 12.1 Å². The second-order valence-electron chi connectivity index (χ2n) is 6.21. The van der Waals surface area contributed by atoms with Crippen LogP contribution in [-0.2, 0) is 16.0 Å². The third-order valence-electron chi connectivity index (χ3n) is 4.26. The zero-order chi connectivity index (χ0) is 18.4. The highest BCUT2D eigenvalue weighted by Crippen LogP contribution is 2.16. The third-order valence-corrected chi connectivity index (χ3v) is 4.26. The van der Waals surface area contributed by atoms with E-state index < -0.39 is 0 Å². The Balaban J connectivity index is 1.39. The summed E-state index contributed by atoms with van der Waals surface area (Å²) < 4.78 is 18.0. The van der Waals surface area contributed by atoms with Crippen LogP contribution in [-0.4, -0.2) is 46.5 Å². The number of carbonyl (C=O) groups excluding carboxylic acids is 2. The van der Waals surface area contributed by atoms with Gasteiger partial charge in [0.15, 0.2) is 0 Å². The second kappa shape index (κ2) is 8.55. The van der Waals surface area contributed by atoms with Crippen molar-refractivity contribution >= 4 is 11.8 Å². The number of hydrogen-bond donors (Lipinski definition) is 1. The summed E-state index contributed by atoms with van der Waals surface area (Å²) in [5, 5.41) is 6.57. The third kappa shape index (κ3) is 4.87. The molecule has 3 rings (SSSR count). The summed E-state index contributed by atoms with van der Waals surface area (Å²) in [4.78, 5) is 29.8. The molecule has 1 fully saturated rings. The number of hydrogen-bond acceptors (Lipinski definition) is 5. The van der Waals surface area contributed by atoms with Gasteiger partial charge in [-0.3, -0.25) is 9.59 Å². The first-order chi connectivity index (χ1) is 12.6. The molecular formula is C18H21FN4O3. The Morgan fingerprint density at radius 3 is 2.62 bits per heavy atom. The number of aromatic nitrogens is 2. The van der Waals surface area contributed by atoms with E-state index >= 15 is 0 Å². The van der Waals surface area contributed by atoms with Crippen LogP contribution >= 0.6 is 0 Å². The number of rotatable bonds is 7. The van der Waals surface area contributed by atoms with Gasteiger partial charge in [0.05, 0.1) is 0 Å². The van der Waals surface area contributed by atoms with Gasteiger partial charge >= 0.3 is 0 Å². The van der Waals surface area contributed by atoms with Gasteiger partial charge < -0.3 is 14.7 Å². The van der Waals surface area contributed by atoms with E-state index in [1.165, 1.54) is 12.1 Å². The minimum atomic E-state index is -0.336. The summed E-state index contributed by atoms with van der Waals surface area (Å²) in [6.45, 7) is 1.97. The topological polar surface area (TPSA) is 88.3 Å². The van der Waals surface area contributed by atoms with Gasteiger partial charge in [-0.2, -0.15) is 4.98 Å². The highest BCUT2D eigenvalue weighted by molar-refractivity contribution is 5.79. The van der Waals surface area contributed by atoms with E-state index in [4.69, 9.17) is 4.52 Å². The largest absolute Gasteiger partial charge is 0.356 e. The van der Waals surface area contributed by atoms with Gasteiger partial charge in [0.25, 0.3) is 0 Å². The van der Waals surface area contributed by atoms with Gasteiger partial charge in [0.1, 0.15) is 5.82 Å². The van der Waals surface area contributed by atoms with E-state index in [2.05, 4.69) is 15.5 Å². The summed E-state index contributed by atoms with van der Waals surface area (Å²) >= 11 is 0. The maximum absolute atomic E-state index is 12.9. The Bertz CT molecular complexity index is 754. The first kappa shape index (κ1) is 18.0. The van der Waals surface area contributed by atoms with Crippen molar-refractivity contribution in [1.82, 2.24) is 20.4 Å². The summed E-state index contributed by atoms with van der Waals surface area (Å²) in [6, 6.07) is 5.77. The molecule has 0 atom stereocenters. The van der Waals surface area contributed by atoms with Gasteiger partial charge in [-0.25, -0.2) is 4.39 Å². The smallest absolute Gasteiger partial charge is 0.227 e. The van der Waals surface area contributed by atoms with E-state index in [-0.39, 0.29) is 24.1 Å². The van der Waals surface area contributed by atoms with Crippen LogP contribution in [0.15, 0.2) is 28.8 Å². The monoisotopic (exact) mass is 360 g/mol. The van der Waals surface area contributed by atoms with Crippen LogP contribution in [0.2, 0.25) is 0 Å². The molecule has 1 aliphatic heterocycles. The van der Waals surface area contributed by atoms with Crippen LogP contribution in [0.3, 0.4) is 0 Å². The minimum Gasteiger partial charge on any atom is -0.356 e. The summed E-state index contributed by atoms with van der Waals surface area (Å²) in [5.41, 5.74) is 0.645. The average Bonchev–Trinajstić information content (AvgIpc) is 3.32. The fraction of sp³-hybridized carbons (Fsp3) is 0.444. The van der Waals surface area contributed by atoms with E-state index in [0.29, 0.717) is 36.7 Å². The van der Waals surface area contributed by atoms with Crippen molar-refractivity contribution in [3.05, 3.63) is 36.0 Å². The van der Waals surface area contributed by atoms with Crippen LogP contribution in [0, 0.1) is 5.82 Å². The predicted molar refractivity (Wildman–Crippen MR) is 91.5 cm³/mol. The number of carbonyl (C=O) groups is 2. The highest BCUT2D eigenvalue weighted by atomic mass is 19.1. The Hall–Kier alpha value is -2.77. The lowest BCUT2D eigenvalue weighted by Gasteiger charge is -2.15. The number of nitrogens with zero attached hydrogens (tertiary/aromatic N) is 3. The molecule has 0 saturated carbocycles. The fourth-order valence-electron chi connectivity index (χ4n) is 2.81. The zero-order valence-electron chi connectivity index (χ0n) is 14.4. The Labute approximate surface area is 150 Å². The standard InChI is InChI=1S/C18H21FN4O3/c19-14-5-3-13(4-6-14)18-21-16(26-22-18)8-7-15(24)20-10-9-17(25)23-11-1-2-12-23/h3-6H,1-2,7-12H2,(H,20,24). The predicted octanol–water partition coefficient (Wildman–Crippen LogP) is 1.94. The molecule has 7 nitrogen and oxygen atoms in total. The first-order valence-electron chi connectivity index (χ1n) is 8.75. The molecule has 0 bridgehead atoms. The molecule has 8 heteroatoms. The van der Waals surface area contributed by atoms with Gasteiger partial charge in [-0.05, 0) is 37.1 Å². The number of halogens is 1. The molecule has 1 saturated heterocycles. The normalized spacial score (nSPS) is 13.8. The number of aryl methyl sites for hydroxylation is 1. The van der Waals surface area contributed by atoms with Crippen molar-refractivity contribution < 1.29 is 18.5 Å². The zero-order valence-corrected chi connectivity index (χ0v) is 14.4. The fourth-order valence-corrected chi connectivity index (χ4v) is 2.81. The lowest BCUT2D eigenvalue weighted by molar-refractivity contribution is -0.130. The number of nitrogens with one attached hydrogen (secondary N) is 1. The molecule has 2 aromatic rings. The molecule has 1 N–H and O–H groups in total. The highest BCUT2D eigenvalue weighted by Gasteiger charge is 2.17. The molecule has 0 spiro atoms. The molecule has 1 aromatic heterocycles. The molecule has 0 unspecified atom stereocenters. The van der Waals surface area contributed by atoms with Gasteiger partial charge in [-0.1, -0.05) is 5.16 Å². The average molecular weight is 360 g/mol. The summed E-state index contributed by atoms with van der Waals surface area (Å²) in [5.74, 6) is 0.283. The molecule has 26 heavy (non-hydrogen) atoms. The van der Waals surface area contributed by atoms with E-state index in [9.17, 15) is 14.0 Å². The van der Waals surface area contributed by atoms with Crippen molar-refractivity contribution in [3.8, 4) is 11.4 Å². The lowest BCUT2D eigenvalue weighted by atomic mass is 10.2. The van der Waals surface area contributed by atoms with Crippen molar-refractivity contribution in [2.24, 2.45) is 0 Å². The molecule has 138 valence electrons. The van der Waals surface area contributed by atoms with Crippen LogP contribution in [0.4, 0.5) is 4.39 Å². The number of benzene rings is 1. The molecule has 1 aliphatic rings. The molecule has 0 aliphatic carbocycles. The second-order valence-corrected chi connectivity index (χ2v) is 6.21. The van der Waals surface area contributed by atoms with E-state index in [0.717, 1.165) is 25.9 Å². The van der Waals surface area contributed by atoms with Gasteiger partial charge in [-0.15, -0.1) is 0 Å². The van der Waals surface area contributed by atoms with E-state index in [1.807, 2.05) is 4.90 Å². The van der Waals surface area contributed by atoms with Crippen LogP contribution in [0.1, 0.15) is 31.6 Å². The van der Waals surface area contributed by atoms with Crippen LogP contribution in [0.25, 0.3) is 11.4 Å². The van der Waals surface area contributed by atoms with Crippen LogP contribution in [0.5, 0.6) is 0 Å². The molecule has 2 heterocycles. The van der Waals surface area contributed by atoms with Crippen molar-refractivity contribution in [2.45, 2.75) is 32.1 Å². The maximum atomic E-state index is 12.9. The number of likely N-dealkylation sites (tertiary alicyclic amines) is 1. The molecule has 0 radical (unpaired) electrons. The quantitative estimate of drug-likeness (QED) is 0.815. The first-order valence-corrected chi connectivity index (χ1v) is 8.75. The number of amides is 2. The van der Waals surface area contributed by atoms with Crippen LogP contribution < -0.4 is 5.32 Å². The Morgan fingerprint density at radius 2 is 1.88 bits per heavy atom. The molecule has 2 amide bonds. The van der Waals surface area contributed by atoms with Crippen molar-refractivity contribution in [3.63, 3.8) is 0 Å². The maximum Gasteiger partial charge on any atom is 0.227 e. The minimum absolute atomic E-state index is 0.0867. The SMILES string of the molecule is O=C(CCc1nc(-c2ccc(F)cc2)no1)NCCC(=O)N1CCCC1.